The minimum atomic E-state index is -0.0815. The molecule has 0 aliphatic rings. The summed E-state index contributed by atoms with van der Waals surface area (Å²) < 4.78 is 1.58. The number of nitrogens with one attached hydrogen (secondary N) is 2. The van der Waals surface area contributed by atoms with Crippen LogP contribution >= 0.6 is 0 Å². The number of amides is 1. The molecule has 0 aliphatic heterocycles. The number of nitrogens with two attached hydrogens (primary N) is 1. The molecule has 100 valence electrons. The van der Waals surface area contributed by atoms with Crippen LogP contribution in [0.4, 0.5) is 11.4 Å². The summed E-state index contributed by atoms with van der Waals surface area (Å²) in [6.07, 6.45) is 3.47. The topological polar surface area (TPSA) is 85.0 Å². The van der Waals surface area contributed by atoms with Crippen LogP contribution in [-0.2, 0) is 17.9 Å². The molecular formula is C13H17N5O. The first-order valence-corrected chi connectivity index (χ1v) is 5.99. The summed E-state index contributed by atoms with van der Waals surface area (Å²) in [5.74, 6) is -0.0815. The Labute approximate surface area is 111 Å². The third-order valence-corrected chi connectivity index (χ3v) is 2.76. The van der Waals surface area contributed by atoms with E-state index in [9.17, 15) is 4.79 Å². The van der Waals surface area contributed by atoms with Gasteiger partial charge in [-0.1, -0.05) is 18.2 Å². The van der Waals surface area contributed by atoms with Crippen LogP contribution in [0.3, 0.4) is 0 Å². The van der Waals surface area contributed by atoms with Gasteiger partial charge in [0, 0.05) is 25.5 Å². The van der Waals surface area contributed by atoms with Crippen molar-refractivity contribution in [3.05, 3.63) is 42.2 Å². The van der Waals surface area contributed by atoms with Gasteiger partial charge in [0.25, 0.3) is 0 Å². The fourth-order valence-corrected chi connectivity index (χ4v) is 1.66. The molecular weight excluding hydrogens is 242 g/mol. The predicted molar refractivity (Wildman–Crippen MR) is 74.5 cm³/mol. The zero-order valence-corrected chi connectivity index (χ0v) is 10.8. The minimum Gasteiger partial charge on any atom is -0.398 e. The maximum absolute atomic E-state index is 11.2. The molecule has 4 N–H and O–H groups in total. The maximum atomic E-state index is 11.2. The Kier molecular flexibility index (Phi) is 4.02. The highest BCUT2D eigenvalue weighted by Crippen LogP contribution is 2.13. The standard InChI is InChI=1S/C13H17N5O/c1-15-13(19)9-18-8-11(7-17-18)16-6-10-4-2-3-5-12(10)14/h2-5,7-8,16H,6,9,14H2,1H3,(H,15,19). The second-order valence-corrected chi connectivity index (χ2v) is 4.15. The number of nitrogen functional groups attached to an aromatic ring is 1. The summed E-state index contributed by atoms with van der Waals surface area (Å²) >= 11 is 0. The molecule has 0 spiro atoms. The van der Waals surface area contributed by atoms with Crippen molar-refractivity contribution in [2.75, 3.05) is 18.1 Å². The van der Waals surface area contributed by atoms with Crippen molar-refractivity contribution in [3.8, 4) is 0 Å². The Hall–Kier alpha value is -2.50. The lowest BCUT2D eigenvalue weighted by Gasteiger charge is -2.06. The molecule has 1 amide bonds. The number of para-hydroxylation sites is 1. The first kappa shape index (κ1) is 12.9. The lowest BCUT2D eigenvalue weighted by molar-refractivity contribution is -0.121. The second kappa shape index (κ2) is 5.90. The molecule has 0 bridgehead atoms. The summed E-state index contributed by atoms with van der Waals surface area (Å²) in [5, 5.41) is 9.87. The number of aromatic nitrogens is 2. The largest absolute Gasteiger partial charge is 0.398 e. The van der Waals surface area contributed by atoms with Gasteiger partial charge >= 0.3 is 0 Å². The Balaban J connectivity index is 1.94. The zero-order valence-electron chi connectivity index (χ0n) is 10.8. The summed E-state index contributed by atoms with van der Waals surface area (Å²) in [6, 6.07) is 7.69. The molecule has 2 aromatic rings. The van der Waals surface area contributed by atoms with Gasteiger partial charge in [-0.05, 0) is 11.6 Å². The number of hydrogen-bond donors (Lipinski definition) is 3. The van der Waals surface area contributed by atoms with E-state index in [1.807, 2.05) is 24.3 Å². The van der Waals surface area contributed by atoms with E-state index in [1.54, 1.807) is 24.1 Å². The normalized spacial score (nSPS) is 10.2. The van der Waals surface area contributed by atoms with Crippen molar-refractivity contribution in [1.82, 2.24) is 15.1 Å². The molecule has 1 aromatic heterocycles. The first-order chi connectivity index (χ1) is 9.19. The van der Waals surface area contributed by atoms with E-state index in [4.69, 9.17) is 5.73 Å². The molecule has 0 saturated heterocycles. The third-order valence-electron chi connectivity index (χ3n) is 2.76. The summed E-state index contributed by atoms with van der Waals surface area (Å²) in [6.45, 7) is 0.837. The van der Waals surface area contributed by atoms with Gasteiger partial charge in [-0.25, -0.2) is 0 Å². The Morgan fingerprint density at radius 3 is 2.95 bits per heavy atom. The van der Waals surface area contributed by atoms with Gasteiger partial charge in [0.05, 0.1) is 11.9 Å². The van der Waals surface area contributed by atoms with Crippen LogP contribution in [0.15, 0.2) is 36.7 Å². The fraction of sp³-hybridized carbons (Fsp3) is 0.231. The number of likely N-dealkylation sites (N-methyl/N-ethyl adjacent to an activating group) is 1. The lowest BCUT2D eigenvalue weighted by Crippen LogP contribution is -2.23. The Morgan fingerprint density at radius 2 is 2.21 bits per heavy atom. The van der Waals surface area contributed by atoms with E-state index in [1.165, 1.54) is 0 Å². The lowest BCUT2D eigenvalue weighted by atomic mass is 10.2. The van der Waals surface area contributed by atoms with Gasteiger partial charge in [-0.3, -0.25) is 9.48 Å². The molecule has 0 fully saturated rings. The van der Waals surface area contributed by atoms with Gasteiger partial charge in [0.1, 0.15) is 6.54 Å². The first-order valence-electron chi connectivity index (χ1n) is 5.99. The van der Waals surface area contributed by atoms with Crippen LogP contribution in [0.1, 0.15) is 5.56 Å². The maximum Gasteiger partial charge on any atom is 0.241 e. The highest BCUT2D eigenvalue weighted by atomic mass is 16.1. The van der Waals surface area contributed by atoms with Crippen LogP contribution in [0.2, 0.25) is 0 Å². The van der Waals surface area contributed by atoms with E-state index in [-0.39, 0.29) is 12.5 Å². The molecule has 0 unspecified atom stereocenters. The SMILES string of the molecule is CNC(=O)Cn1cc(NCc2ccccc2N)cn1. The monoisotopic (exact) mass is 259 g/mol. The molecule has 0 aliphatic carbocycles. The zero-order chi connectivity index (χ0) is 13.7. The number of hydrogen-bond acceptors (Lipinski definition) is 4. The number of carbonyl (C=O) groups excluding carboxylic acids is 1. The van der Waals surface area contributed by atoms with Gasteiger partial charge in [0.15, 0.2) is 0 Å². The van der Waals surface area contributed by atoms with Crippen LogP contribution in [0, 0.1) is 0 Å². The average molecular weight is 259 g/mol. The van der Waals surface area contributed by atoms with Crippen molar-refractivity contribution in [1.29, 1.82) is 0 Å². The summed E-state index contributed by atoms with van der Waals surface area (Å²) in [4.78, 5) is 11.2. The van der Waals surface area contributed by atoms with Crippen LogP contribution < -0.4 is 16.4 Å². The highest BCUT2D eigenvalue weighted by molar-refractivity contribution is 5.75. The summed E-state index contributed by atoms with van der Waals surface area (Å²) in [7, 11) is 1.60. The highest BCUT2D eigenvalue weighted by Gasteiger charge is 2.03. The number of anilines is 2. The van der Waals surface area contributed by atoms with Crippen LogP contribution in [0.25, 0.3) is 0 Å². The van der Waals surface area contributed by atoms with E-state index in [2.05, 4.69) is 15.7 Å². The fourth-order valence-electron chi connectivity index (χ4n) is 1.66. The molecule has 0 atom stereocenters. The van der Waals surface area contributed by atoms with Crippen molar-refractivity contribution in [2.24, 2.45) is 0 Å². The van der Waals surface area contributed by atoms with Gasteiger partial charge in [0.2, 0.25) is 5.91 Å². The van der Waals surface area contributed by atoms with E-state index in [0.29, 0.717) is 6.54 Å². The van der Waals surface area contributed by atoms with Gasteiger partial charge < -0.3 is 16.4 Å². The summed E-state index contributed by atoms with van der Waals surface area (Å²) in [5.41, 5.74) is 8.50. The molecule has 0 radical (unpaired) electrons. The second-order valence-electron chi connectivity index (χ2n) is 4.15. The number of nitrogens with zero attached hydrogens (tertiary/aromatic N) is 2. The molecule has 6 nitrogen and oxygen atoms in total. The van der Waals surface area contributed by atoms with Gasteiger partial charge in [-0.15, -0.1) is 0 Å². The molecule has 1 aromatic carbocycles. The quantitative estimate of drug-likeness (QED) is 0.694. The molecule has 1 heterocycles. The van der Waals surface area contributed by atoms with Crippen molar-refractivity contribution in [3.63, 3.8) is 0 Å². The average Bonchev–Trinajstić information content (AvgIpc) is 2.85. The van der Waals surface area contributed by atoms with Crippen molar-refractivity contribution in [2.45, 2.75) is 13.1 Å². The van der Waals surface area contributed by atoms with Gasteiger partial charge in [-0.2, -0.15) is 5.10 Å². The molecule has 6 heteroatoms. The van der Waals surface area contributed by atoms with Crippen molar-refractivity contribution >= 4 is 17.3 Å². The van der Waals surface area contributed by atoms with Crippen LogP contribution in [0.5, 0.6) is 0 Å². The number of rotatable bonds is 5. The third kappa shape index (κ3) is 3.48. The molecule has 2 rings (SSSR count). The minimum absolute atomic E-state index is 0.0815. The Bertz CT molecular complexity index is 564. The van der Waals surface area contributed by atoms with Crippen molar-refractivity contribution < 1.29 is 4.79 Å². The van der Waals surface area contributed by atoms with E-state index in [0.717, 1.165) is 16.9 Å². The smallest absolute Gasteiger partial charge is 0.241 e. The van der Waals surface area contributed by atoms with E-state index < -0.39 is 0 Å². The van der Waals surface area contributed by atoms with Crippen LogP contribution in [-0.4, -0.2) is 22.7 Å². The molecule has 0 saturated carbocycles. The van der Waals surface area contributed by atoms with E-state index >= 15 is 0 Å². The molecule has 19 heavy (non-hydrogen) atoms. The number of benzene rings is 1. The number of carbonyl (C=O) groups is 1. The Morgan fingerprint density at radius 1 is 1.42 bits per heavy atom. The predicted octanol–water partition coefficient (Wildman–Crippen LogP) is 0.823.